The van der Waals surface area contributed by atoms with Crippen molar-refractivity contribution in [1.82, 2.24) is 14.8 Å². The predicted molar refractivity (Wildman–Crippen MR) is 84.3 cm³/mol. The lowest BCUT2D eigenvalue weighted by atomic mass is 9.87. The summed E-state index contributed by atoms with van der Waals surface area (Å²) in [6.45, 7) is 3.75. The fraction of sp³-hybridized carbons (Fsp3) is 0.429. The van der Waals surface area contributed by atoms with E-state index in [-0.39, 0.29) is 0 Å². The molecule has 2 atom stereocenters. The van der Waals surface area contributed by atoms with Crippen LogP contribution in [0.2, 0.25) is 0 Å². The topological polar surface area (TPSA) is 60.2 Å². The molecule has 0 bridgehead atoms. The molecule has 1 aromatic carbocycles. The van der Waals surface area contributed by atoms with Crippen molar-refractivity contribution in [3.63, 3.8) is 0 Å². The first-order valence-electron chi connectivity index (χ1n) is 6.44. The smallest absolute Gasteiger partial charge is 0.219 e. The first-order valence-corrected chi connectivity index (χ1v) is 7.77. The van der Waals surface area contributed by atoms with E-state index in [2.05, 4.69) is 26.0 Å². The van der Waals surface area contributed by atoms with Crippen LogP contribution in [0.3, 0.4) is 0 Å². The van der Waals surface area contributed by atoms with Crippen LogP contribution in [0.5, 0.6) is 5.75 Å². The molecule has 114 valence electrons. The van der Waals surface area contributed by atoms with Crippen LogP contribution in [0.1, 0.15) is 20.1 Å². The van der Waals surface area contributed by atoms with Crippen LogP contribution in [0, 0.1) is 5.41 Å². The van der Waals surface area contributed by atoms with Gasteiger partial charge in [-0.25, -0.2) is 9.67 Å². The van der Waals surface area contributed by atoms with Crippen LogP contribution in [0.15, 0.2) is 41.4 Å². The summed E-state index contributed by atoms with van der Waals surface area (Å²) in [5, 5.41) is 14.7. The minimum absolute atomic E-state index is 0.295. The number of hydrogen-bond acceptors (Lipinski definition) is 4. The molecule has 0 fully saturated rings. The molecule has 0 saturated carbocycles. The number of rotatable bonds is 6. The number of aliphatic hydroxyl groups excluding tert-OH is 1. The van der Waals surface area contributed by atoms with Gasteiger partial charge in [-0.2, -0.15) is 5.10 Å². The van der Waals surface area contributed by atoms with E-state index in [0.29, 0.717) is 11.6 Å². The SMILES string of the molecule is CC(C)(CCl)C(O)C(Oc1ccc(Br)cc1)n1cncn1. The lowest BCUT2D eigenvalue weighted by molar-refractivity contribution is -0.0718. The Balaban J connectivity index is 2.27. The molecule has 0 radical (unpaired) electrons. The zero-order valence-corrected chi connectivity index (χ0v) is 14.1. The first-order chi connectivity index (χ1) is 9.94. The second kappa shape index (κ2) is 6.77. The number of hydrogen-bond donors (Lipinski definition) is 1. The Morgan fingerprint density at radius 2 is 2.05 bits per heavy atom. The summed E-state index contributed by atoms with van der Waals surface area (Å²) in [5.74, 6) is 0.923. The summed E-state index contributed by atoms with van der Waals surface area (Å²) in [7, 11) is 0. The summed E-state index contributed by atoms with van der Waals surface area (Å²) < 4.78 is 8.33. The number of benzene rings is 1. The monoisotopic (exact) mass is 373 g/mol. The van der Waals surface area contributed by atoms with Gasteiger partial charge in [0.05, 0.1) is 0 Å². The van der Waals surface area contributed by atoms with Crippen LogP contribution < -0.4 is 4.74 Å². The van der Waals surface area contributed by atoms with Gasteiger partial charge < -0.3 is 9.84 Å². The van der Waals surface area contributed by atoms with Gasteiger partial charge in [-0.15, -0.1) is 11.6 Å². The molecule has 21 heavy (non-hydrogen) atoms. The zero-order chi connectivity index (χ0) is 15.5. The Hall–Kier alpha value is -1.11. The first kappa shape index (κ1) is 16.3. The van der Waals surface area contributed by atoms with E-state index in [4.69, 9.17) is 16.3 Å². The summed E-state index contributed by atoms with van der Waals surface area (Å²) in [6.07, 6.45) is 1.36. The van der Waals surface area contributed by atoms with E-state index in [1.807, 2.05) is 38.1 Å². The van der Waals surface area contributed by atoms with Crippen molar-refractivity contribution in [1.29, 1.82) is 0 Å². The third-order valence-electron chi connectivity index (χ3n) is 3.18. The molecule has 5 nitrogen and oxygen atoms in total. The lowest BCUT2D eigenvalue weighted by Gasteiger charge is -2.34. The molecule has 2 unspecified atom stereocenters. The molecular weight excluding hydrogens is 358 g/mol. The number of nitrogens with zero attached hydrogens (tertiary/aromatic N) is 3. The average Bonchev–Trinajstić information content (AvgIpc) is 3.00. The molecule has 1 heterocycles. The maximum absolute atomic E-state index is 10.6. The van der Waals surface area contributed by atoms with E-state index in [1.54, 1.807) is 0 Å². The Kier molecular flexibility index (Phi) is 5.24. The largest absolute Gasteiger partial charge is 0.466 e. The van der Waals surface area contributed by atoms with E-state index >= 15 is 0 Å². The van der Waals surface area contributed by atoms with Crippen LogP contribution in [0.4, 0.5) is 0 Å². The van der Waals surface area contributed by atoms with Crippen molar-refractivity contribution >= 4 is 27.5 Å². The molecule has 2 rings (SSSR count). The van der Waals surface area contributed by atoms with Gasteiger partial charge in [-0.3, -0.25) is 0 Å². The predicted octanol–water partition coefficient (Wildman–Crippen LogP) is 3.24. The highest BCUT2D eigenvalue weighted by Crippen LogP contribution is 2.32. The van der Waals surface area contributed by atoms with Crippen molar-refractivity contribution in [3.8, 4) is 5.75 Å². The highest BCUT2D eigenvalue weighted by atomic mass is 79.9. The van der Waals surface area contributed by atoms with E-state index in [9.17, 15) is 5.11 Å². The Bertz CT molecular complexity index is 560. The molecule has 0 aliphatic rings. The van der Waals surface area contributed by atoms with Gasteiger partial charge in [0.15, 0.2) is 0 Å². The molecular formula is C14H17BrClN3O2. The van der Waals surface area contributed by atoms with Crippen LogP contribution >= 0.6 is 27.5 Å². The van der Waals surface area contributed by atoms with Crippen LogP contribution in [-0.4, -0.2) is 31.9 Å². The summed E-state index contributed by atoms with van der Waals surface area (Å²) in [5.41, 5.74) is -0.534. The van der Waals surface area contributed by atoms with E-state index in [0.717, 1.165) is 4.47 Å². The van der Waals surface area contributed by atoms with Gasteiger partial charge >= 0.3 is 0 Å². The van der Waals surface area contributed by atoms with Crippen molar-refractivity contribution in [2.45, 2.75) is 26.2 Å². The zero-order valence-electron chi connectivity index (χ0n) is 11.8. The number of aromatic nitrogens is 3. The van der Waals surface area contributed by atoms with E-state index in [1.165, 1.54) is 17.3 Å². The standard InChI is InChI=1S/C14H17BrClN3O2/c1-14(2,7-16)12(20)13(19-9-17-8-18-19)21-11-5-3-10(15)4-6-11/h3-6,8-9,12-13,20H,7H2,1-2H3. The van der Waals surface area contributed by atoms with Gasteiger partial charge in [0.2, 0.25) is 6.23 Å². The molecule has 1 N–H and O–H groups in total. The summed E-state index contributed by atoms with van der Waals surface area (Å²) in [4.78, 5) is 3.91. The minimum Gasteiger partial charge on any atom is -0.466 e. The third-order valence-corrected chi connectivity index (χ3v) is 4.40. The van der Waals surface area contributed by atoms with Crippen molar-refractivity contribution in [3.05, 3.63) is 41.4 Å². The Morgan fingerprint density at radius 3 is 2.57 bits per heavy atom. The minimum atomic E-state index is -0.847. The van der Waals surface area contributed by atoms with Gasteiger partial charge in [-0.05, 0) is 24.3 Å². The third kappa shape index (κ3) is 3.96. The molecule has 0 spiro atoms. The maximum atomic E-state index is 10.6. The molecule has 2 aromatic rings. The highest BCUT2D eigenvalue weighted by molar-refractivity contribution is 9.10. The van der Waals surface area contributed by atoms with Gasteiger partial charge in [-0.1, -0.05) is 29.8 Å². The number of ether oxygens (including phenoxy) is 1. The number of aliphatic hydroxyl groups is 1. The molecule has 1 aromatic heterocycles. The van der Waals surface area contributed by atoms with E-state index < -0.39 is 17.7 Å². The number of halogens is 2. The van der Waals surface area contributed by atoms with Crippen molar-refractivity contribution < 1.29 is 9.84 Å². The van der Waals surface area contributed by atoms with Crippen LogP contribution in [-0.2, 0) is 0 Å². The quantitative estimate of drug-likeness (QED) is 0.789. The highest BCUT2D eigenvalue weighted by Gasteiger charge is 2.36. The fourth-order valence-electron chi connectivity index (χ4n) is 1.73. The second-order valence-corrected chi connectivity index (χ2v) is 6.59. The normalized spacial score (nSPS) is 14.7. The molecule has 0 aliphatic heterocycles. The van der Waals surface area contributed by atoms with Gasteiger partial charge in [0.1, 0.15) is 24.5 Å². The Morgan fingerprint density at radius 1 is 1.38 bits per heavy atom. The molecule has 0 aliphatic carbocycles. The molecule has 0 saturated heterocycles. The molecule has 7 heteroatoms. The van der Waals surface area contributed by atoms with Gasteiger partial charge in [0.25, 0.3) is 0 Å². The van der Waals surface area contributed by atoms with Crippen LogP contribution in [0.25, 0.3) is 0 Å². The fourth-order valence-corrected chi connectivity index (χ4v) is 2.15. The lowest BCUT2D eigenvalue weighted by Crippen LogP contribution is -2.41. The second-order valence-electron chi connectivity index (χ2n) is 5.40. The number of alkyl halides is 1. The maximum Gasteiger partial charge on any atom is 0.219 e. The summed E-state index contributed by atoms with van der Waals surface area (Å²) in [6, 6.07) is 7.36. The Labute approximate surface area is 137 Å². The molecule has 0 amide bonds. The van der Waals surface area contributed by atoms with Crippen molar-refractivity contribution in [2.75, 3.05) is 5.88 Å². The average molecular weight is 375 g/mol. The van der Waals surface area contributed by atoms with Crippen molar-refractivity contribution in [2.24, 2.45) is 5.41 Å². The summed E-state index contributed by atoms with van der Waals surface area (Å²) >= 11 is 9.32. The van der Waals surface area contributed by atoms with Gasteiger partial charge in [0, 0.05) is 15.8 Å².